The van der Waals surface area contributed by atoms with Gasteiger partial charge >= 0.3 is 0 Å². The molecular formula is C18H15ClN8O. The van der Waals surface area contributed by atoms with Crippen molar-refractivity contribution in [1.82, 2.24) is 29.8 Å². The minimum absolute atomic E-state index is 0.187. The van der Waals surface area contributed by atoms with Gasteiger partial charge < -0.3 is 10.6 Å². The Hall–Kier alpha value is -3.48. The fraction of sp³-hybridized carbons (Fsp3) is 0.167. The van der Waals surface area contributed by atoms with E-state index in [2.05, 4.69) is 25.2 Å². The maximum Gasteiger partial charge on any atom is 0.272 e. The first kappa shape index (κ1) is 17.9. The third-order valence-corrected chi connectivity index (χ3v) is 4.89. The van der Waals surface area contributed by atoms with Crippen LogP contribution < -0.4 is 11.3 Å². The maximum absolute atomic E-state index is 12.1. The summed E-state index contributed by atoms with van der Waals surface area (Å²) in [6.07, 6.45) is 1.69. The molecule has 0 radical (unpaired) electrons. The van der Waals surface area contributed by atoms with Gasteiger partial charge in [-0.2, -0.15) is 14.9 Å². The van der Waals surface area contributed by atoms with Crippen LogP contribution >= 0.6 is 11.6 Å². The van der Waals surface area contributed by atoms with E-state index < -0.39 is 0 Å². The zero-order valence-electron chi connectivity index (χ0n) is 15.1. The summed E-state index contributed by atoms with van der Waals surface area (Å²) < 4.78 is 3.09. The van der Waals surface area contributed by atoms with E-state index in [1.807, 2.05) is 12.1 Å². The Morgan fingerprint density at radius 2 is 2.07 bits per heavy atom. The zero-order valence-corrected chi connectivity index (χ0v) is 15.8. The molecule has 0 bridgehead atoms. The van der Waals surface area contributed by atoms with Crippen LogP contribution in [0, 0.1) is 6.57 Å². The molecule has 0 saturated carbocycles. The monoisotopic (exact) mass is 394 g/mol. The van der Waals surface area contributed by atoms with Crippen LogP contribution in [0.25, 0.3) is 38.0 Å². The lowest BCUT2D eigenvalue weighted by Gasteiger charge is -2.09. The van der Waals surface area contributed by atoms with Crippen LogP contribution in [0.15, 0.2) is 29.2 Å². The predicted octanol–water partition coefficient (Wildman–Crippen LogP) is 2.39. The molecule has 0 unspecified atom stereocenters. The molecule has 4 rings (SSSR count). The molecule has 0 saturated heterocycles. The number of hydrogen-bond donors (Lipinski definition) is 2. The van der Waals surface area contributed by atoms with Crippen molar-refractivity contribution < 1.29 is 0 Å². The summed E-state index contributed by atoms with van der Waals surface area (Å²) in [6, 6.07) is 5.39. The highest BCUT2D eigenvalue weighted by Crippen LogP contribution is 2.41. The van der Waals surface area contributed by atoms with Gasteiger partial charge in [0.1, 0.15) is 0 Å². The van der Waals surface area contributed by atoms with E-state index in [1.165, 1.54) is 4.68 Å². The Balaban J connectivity index is 2.01. The van der Waals surface area contributed by atoms with Crippen molar-refractivity contribution in [2.45, 2.75) is 6.54 Å². The van der Waals surface area contributed by atoms with Gasteiger partial charge in [-0.1, -0.05) is 29.3 Å². The Morgan fingerprint density at radius 3 is 2.79 bits per heavy atom. The van der Waals surface area contributed by atoms with E-state index in [9.17, 15) is 4.79 Å². The Kier molecular flexibility index (Phi) is 4.22. The molecule has 3 aromatic heterocycles. The smallest absolute Gasteiger partial charge is 0.272 e. The molecule has 0 fully saturated rings. The topological polar surface area (TPSA) is 112 Å². The number of aromatic amines is 1. The average Bonchev–Trinajstić information content (AvgIpc) is 3.19. The molecule has 10 heteroatoms. The van der Waals surface area contributed by atoms with Gasteiger partial charge in [0.2, 0.25) is 0 Å². The summed E-state index contributed by atoms with van der Waals surface area (Å²) in [6.45, 7) is 7.67. The molecule has 3 N–H and O–H groups in total. The number of hydrogen-bond acceptors (Lipinski definition) is 5. The van der Waals surface area contributed by atoms with Crippen molar-refractivity contribution in [3.63, 3.8) is 0 Å². The zero-order chi connectivity index (χ0) is 20.0. The first-order valence-electron chi connectivity index (χ1n) is 8.30. The van der Waals surface area contributed by atoms with E-state index in [1.54, 1.807) is 31.0 Å². The second-order valence-corrected chi connectivity index (χ2v) is 6.58. The molecule has 0 aliphatic rings. The van der Waals surface area contributed by atoms with Gasteiger partial charge in [-0.3, -0.25) is 9.48 Å². The molecule has 0 spiro atoms. The first-order chi connectivity index (χ1) is 13.5. The van der Waals surface area contributed by atoms with Crippen LogP contribution in [-0.4, -0.2) is 29.8 Å². The number of rotatable bonds is 3. The first-order valence-corrected chi connectivity index (χ1v) is 8.68. The summed E-state index contributed by atoms with van der Waals surface area (Å²) in [5, 5.41) is 16.4. The van der Waals surface area contributed by atoms with Crippen molar-refractivity contribution in [3.8, 4) is 22.4 Å². The van der Waals surface area contributed by atoms with Gasteiger partial charge in [0.25, 0.3) is 11.4 Å². The molecule has 1 aromatic carbocycles. The molecule has 9 nitrogen and oxygen atoms in total. The Labute approximate surface area is 164 Å². The number of nitrogens with one attached hydrogen (secondary N) is 1. The lowest BCUT2D eigenvalue weighted by molar-refractivity contribution is 0.775. The van der Waals surface area contributed by atoms with Crippen molar-refractivity contribution >= 4 is 28.2 Å². The number of nitrogens with two attached hydrogens (primary N) is 1. The number of aromatic nitrogens is 6. The number of fused-ring (bicyclic) bond motifs is 1. The molecule has 140 valence electrons. The van der Waals surface area contributed by atoms with Crippen LogP contribution in [0.1, 0.15) is 5.69 Å². The Bertz CT molecular complexity index is 1320. The van der Waals surface area contributed by atoms with Gasteiger partial charge in [0.15, 0.2) is 5.15 Å². The highest BCUT2D eigenvalue weighted by atomic mass is 35.5. The van der Waals surface area contributed by atoms with Crippen LogP contribution in [0.5, 0.6) is 0 Å². The van der Waals surface area contributed by atoms with E-state index in [4.69, 9.17) is 23.9 Å². The Morgan fingerprint density at radius 1 is 1.29 bits per heavy atom. The molecule has 0 aliphatic carbocycles. The van der Waals surface area contributed by atoms with Gasteiger partial charge in [-0.25, -0.2) is 5.10 Å². The lowest BCUT2D eigenvalue weighted by Crippen LogP contribution is -2.13. The normalized spacial score (nSPS) is 11.1. The second-order valence-electron chi connectivity index (χ2n) is 6.22. The number of halogens is 1. The summed E-state index contributed by atoms with van der Waals surface area (Å²) in [5.41, 5.74) is 8.81. The number of benzene rings is 1. The number of nitrogens with zero attached hydrogens (tertiary/aromatic N) is 6. The summed E-state index contributed by atoms with van der Waals surface area (Å²) in [7, 11) is 3.44. The quantitative estimate of drug-likeness (QED) is 0.518. The van der Waals surface area contributed by atoms with Crippen LogP contribution in [0.4, 0.5) is 5.82 Å². The maximum atomic E-state index is 12.1. The standard InChI is InChI=1S/C18H15ClN8O/c1-21-17-14(16(19)25-27(17)3)15-12(8-22-26(15)2)9-4-5-10-11(6-9)13(7-20)23-24-18(10)28/h4-6,8H,7,20H2,2-3H3,(H,24,28). The third kappa shape index (κ3) is 2.58. The van der Waals surface area contributed by atoms with E-state index >= 15 is 0 Å². The van der Waals surface area contributed by atoms with Crippen molar-refractivity contribution in [2.24, 2.45) is 19.8 Å². The molecule has 0 atom stereocenters. The molecular weight excluding hydrogens is 380 g/mol. The van der Waals surface area contributed by atoms with Crippen LogP contribution in [-0.2, 0) is 20.6 Å². The molecule has 4 aromatic rings. The molecule has 28 heavy (non-hydrogen) atoms. The molecule has 0 amide bonds. The fourth-order valence-corrected chi connectivity index (χ4v) is 3.59. The summed E-state index contributed by atoms with van der Waals surface area (Å²) in [4.78, 5) is 15.6. The number of aryl methyl sites for hydroxylation is 2. The van der Waals surface area contributed by atoms with Gasteiger partial charge in [-0.05, 0) is 17.7 Å². The lowest BCUT2D eigenvalue weighted by atomic mass is 9.99. The van der Waals surface area contributed by atoms with Crippen molar-refractivity contribution in [2.75, 3.05) is 0 Å². The van der Waals surface area contributed by atoms with Crippen molar-refractivity contribution in [3.05, 3.63) is 57.0 Å². The molecule has 0 aliphatic heterocycles. The predicted molar refractivity (Wildman–Crippen MR) is 106 cm³/mol. The van der Waals surface area contributed by atoms with Crippen molar-refractivity contribution in [1.29, 1.82) is 0 Å². The molecule has 3 heterocycles. The third-order valence-electron chi connectivity index (χ3n) is 4.63. The fourth-order valence-electron chi connectivity index (χ4n) is 3.30. The highest BCUT2D eigenvalue weighted by molar-refractivity contribution is 6.33. The van der Waals surface area contributed by atoms with Gasteiger partial charge in [0, 0.05) is 24.5 Å². The van der Waals surface area contributed by atoms with E-state index in [-0.39, 0.29) is 17.3 Å². The highest BCUT2D eigenvalue weighted by Gasteiger charge is 2.24. The van der Waals surface area contributed by atoms with E-state index in [0.29, 0.717) is 33.5 Å². The summed E-state index contributed by atoms with van der Waals surface area (Å²) >= 11 is 6.33. The van der Waals surface area contributed by atoms with Gasteiger partial charge in [0.05, 0.1) is 35.6 Å². The summed E-state index contributed by atoms with van der Waals surface area (Å²) in [5.74, 6) is 0.316. The van der Waals surface area contributed by atoms with Crippen LogP contribution in [0.3, 0.4) is 0 Å². The van der Waals surface area contributed by atoms with Gasteiger partial charge in [-0.15, -0.1) is 0 Å². The SMILES string of the molecule is [C-]#[N+]c1c(-c2c(-c3ccc4c(=O)[nH]nc(CN)c4c3)cnn2C)c(Cl)nn1C. The second kappa shape index (κ2) is 6.60. The van der Waals surface area contributed by atoms with Crippen LogP contribution in [0.2, 0.25) is 5.15 Å². The average molecular weight is 395 g/mol. The minimum Gasteiger partial charge on any atom is -0.362 e. The van der Waals surface area contributed by atoms with E-state index in [0.717, 1.165) is 11.1 Å². The number of H-pyrrole nitrogens is 1. The minimum atomic E-state index is -0.282. The largest absolute Gasteiger partial charge is 0.362 e.